The van der Waals surface area contributed by atoms with Gasteiger partial charge in [0, 0.05) is 25.6 Å². The van der Waals surface area contributed by atoms with Crippen molar-refractivity contribution in [1.82, 2.24) is 20.0 Å². The number of likely N-dealkylation sites (tertiary alicyclic amines) is 1. The maximum absolute atomic E-state index is 5.53. The van der Waals surface area contributed by atoms with Gasteiger partial charge in [-0.3, -0.25) is 9.91 Å². The summed E-state index contributed by atoms with van der Waals surface area (Å²) in [5.41, 5.74) is 4.36. The smallest absolute Gasteiger partial charge is 0.274 e. The van der Waals surface area contributed by atoms with Gasteiger partial charge in [-0.15, -0.1) is 0 Å². The molecule has 0 radical (unpaired) electrons. The van der Waals surface area contributed by atoms with Crippen molar-refractivity contribution in [2.45, 2.75) is 25.4 Å². The van der Waals surface area contributed by atoms with Crippen LogP contribution in [0.5, 0.6) is 0 Å². The van der Waals surface area contributed by atoms with Crippen LogP contribution in [-0.4, -0.2) is 45.9 Å². The van der Waals surface area contributed by atoms with E-state index in [0.29, 0.717) is 11.7 Å². The lowest BCUT2D eigenvalue weighted by molar-refractivity contribution is 0.172. The molecule has 0 spiro atoms. The van der Waals surface area contributed by atoms with E-state index in [9.17, 15) is 0 Å². The Kier molecular flexibility index (Phi) is 4.41. The summed E-state index contributed by atoms with van der Waals surface area (Å²) in [5, 5.41) is 10.8. The van der Waals surface area contributed by atoms with E-state index in [1.807, 2.05) is 18.1 Å². The molecule has 28 heavy (non-hydrogen) atoms. The quantitative estimate of drug-likeness (QED) is 0.682. The van der Waals surface area contributed by atoms with E-state index >= 15 is 0 Å². The Morgan fingerprint density at radius 2 is 1.82 bits per heavy atom. The topological polar surface area (TPSA) is 57.8 Å². The molecule has 6 nitrogen and oxygen atoms in total. The number of rotatable bonds is 5. The molecule has 142 valence electrons. The van der Waals surface area contributed by atoms with Gasteiger partial charge < -0.3 is 4.52 Å². The van der Waals surface area contributed by atoms with E-state index in [-0.39, 0.29) is 6.04 Å². The second-order valence-electron chi connectivity index (χ2n) is 7.50. The van der Waals surface area contributed by atoms with Crippen LogP contribution in [0.1, 0.15) is 35.9 Å². The zero-order chi connectivity index (χ0) is 18.9. The molecule has 0 amide bonds. The van der Waals surface area contributed by atoms with Crippen LogP contribution in [0.4, 0.5) is 0 Å². The largest absolute Gasteiger partial charge is 0.332 e. The molecule has 0 saturated carbocycles. The first-order valence-electron chi connectivity index (χ1n) is 9.77. The highest BCUT2D eigenvalue weighted by atomic mass is 16.5. The minimum atomic E-state index is 0.201. The third-order valence-corrected chi connectivity index (χ3v) is 5.54. The van der Waals surface area contributed by atoms with Crippen molar-refractivity contribution in [2.75, 3.05) is 20.1 Å². The first kappa shape index (κ1) is 17.1. The zero-order valence-corrected chi connectivity index (χ0v) is 16.0. The van der Waals surface area contributed by atoms with Crippen molar-refractivity contribution >= 4 is 5.71 Å². The Morgan fingerprint density at radius 1 is 1.04 bits per heavy atom. The number of benzene rings is 2. The molecule has 0 N–H and O–H groups in total. The van der Waals surface area contributed by atoms with Gasteiger partial charge in [-0.05, 0) is 30.6 Å². The van der Waals surface area contributed by atoms with Crippen LogP contribution >= 0.6 is 0 Å². The Labute approximate surface area is 164 Å². The highest BCUT2D eigenvalue weighted by Gasteiger charge is 2.29. The predicted octanol–water partition coefficient (Wildman–Crippen LogP) is 3.72. The van der Waals surface area contributed by atoms with Crippen LogP contribution in [0.2, 0.25) is 0 Å². The number of hydrogen-bond donors (Lipinski definition) is 0. The molecule has 0 bridgehead atoms. The van der Waals surface area contributed by atoms with E-state index in [1.165, 1.54) is 30.6 Å². The summed E-state index contributed by atoms with van der Waals surface area (Å²) in [6, 6.07) is 19.0. The standard InChI is InChI=1S/C22H23N5O/c1-26-20(17-6-3-2-4-7-17)14-19(24-26)22-23-21(25-28-22)18-10-8-16(9-11-18)15-27-12-5-13-27/h2-4,6-11,20H,5,12-15H2,1H3. The Morgan fingerprint density at radius 3 is 2.54 bits per heavy atom. The van der Waals surface area contributed by atoms with Gasteiger partial charge in [0.25, 0.3) is 5.89 Å². The van der Waals surface area contributed by atoms with Gasteiger partial charge in [0.05, 0.1) is 6.04 Å². The average molecular weight is 373 g/mol. The first-order valence-corrected chi connectivity index (χ1v) is 9.77. The van der Waals surface area contributed by atoms with Crippen molar-refractivity contribution in [3.05, 3.63) is 71.6 Å². The molecule has 5 rings (SSSR count). The van der Waals surface area contributed by atoms with Gasteiger partial charge in [-0.2, -0.15) is 10.1 Å². The summed E-state index contributed by atoms with van der Waals surface area (Å²) in [6.45, 7) is 3.43. The molecular weight excluding hydrogens is 350 g/mol. The number of aromatic nitrogens is 2. The monoisotopic (exact) mass is 373 g/mol. The predicted molar refractivity (Wildman–Crippen MR) is 108 cm³/mol. The second kappa shape index (κ2) is 7.20. The van der Waals surface area contributed by atoms with Gasteiger partial charge in [-0.1, -0.05) is 59.8 Å². The fourth-order valence-electron chi connectivity index (χ4n) is 3.77. The van der Waals surface area contributed by atoms with Crippen LogP contribution in [-0.2, 0) is 6.54 Å². The van der Waals surface area contributed by atoms with E-state index in [0.717, 1.165) is 24.2 Å². The minimum Gasteiger partial charge on any atom is -0.332 e. The number of hydrazone groups is 1. The highest BCUT2D eigenvalue weighted by Crippen LogP contribution is 2.31. The van der Waals surface area contributed by atoms with Crippen molar-refractivity contribution < 1.29 is 4.52 Å². The van der Waals surface area contributed by atoms with E-state index in [1.54, 1.807) is 0 Å². The fourth-order valence-corrected chi connectivity index (χ4v) is 3.77. The maximum atomic E-state index is 5.53. The normalized spacial score (nSPS) is 19.5. The molecule has 2 aromatic carbocycles. The van der Waals surface area contributed by atoms with Gasteiger partial charge in [0.15, 0.2) is 0 Å². The lowest BCUT2D eigenvalue weighted by Crippen LogP contribution is -2.36. The highest BCUT2D eigenvalue weighted by molar-refractivity contribution is 5.98. The molecule has 6 heteroatoms. The average Bonchev–Trinajstić information content (AvgIpc) is 3.33. The SMILES string of the molecule is CN1N=C(c2nc(-c3ccc(CN4CCC4)cc3)no2)CC1c1ccccc1. The molecular formula is C22H23N5O. The summed E-state index contributed by atoms with van der Waals surface area (Å²) in [4.78, 5) is 7.04. The van der Waals surface area contributed by atoms with Crippen LogP contribution in [0.25, 0.3) is 11.4 Å². The molecule has 1 atom stereocenters. The van der Waals surface area contributed by atoms with Crippen molar-refractivity contribution in [1.29, 1.82) is 0 Å². The molecule has 2 aliphatic heterocycles. The number of hydrogen-bond acceptors (Lipinski definition) is 6. The summed E-state index contributed by atoms with van der Waals surface area (Å²) in [7, 11) is 1.98. The van der Waals surface area contributed by atoms with E-state index in [2.05, 4.69) is 68.7 Å². The molecule has 1 fully saturated rings. The van der Waals surface area contributed by atoms with Gasteiger partial charge in [0.1, 0.15) is 5.71 Å². The first-order chi connectivity index (χ1) is 13.8. The van der Waals surface area contributed by atoms with Crippen molar-refractivity contribution in [3.8, 4) is 11.4 Å². The van der Waals surface area contributed by atoms with Crippen LogP contribution in [0.15, 0.2) is 64.2 Å². The summed E-state index contributed by atoms with van der Waals surface area (Å²) in [5.74, 6) is 1.11. The van der Waals surface area contributed by atoms with Crippen molar-refractivity contribution in [2.24, 2.45) is 5.10 Å². The minimum absolute atomic E-state index is 0.201. The summed E-state index contributed by atoms with van der Waals surface area (Å²) >= 11 is 0. The molecule has 3 aromatic rings. The second-order valence-corrected chi connectivity index (χ2v) is 7.50. The summed E-state index contributed by atoms with van der Waals surface area (Å²) < 4.78 is 5.53. The van der Waals surface area contributed by atoms with Gasteiger partial charge in [0.2, 0.25) is 5.82 Å². The van der Waals surface area contributed by atoms with Crippen molar-refractivity contribution in [3.63, 3.8) is 0 Å². The molecule has 2 aliphatic rings. The summed E-state index contributed by atoms with van der Waals surface area (Å²) in [6.07, 6.45) is 2.07. The van der Waals surface area contributed by atoms with Gasteiger partial charge >= 0.3 is 0 Å². The van der Waals surface area contributed by atoms with E-state index in [4.69, 9.17) is 4.52 Å². The molecule has 0 aliphatic carbocycles. The van der Waals surface area contributed by atoms with E-state index < -0.39 is 0 Å². The zero-order valence-electron chi connectivity index (χ0n) is 16.0. The van der Waals surface area contributed by atoms with Gasteiger partial charge in [-0.25, -0.2) is 0 Å². The Hall–Kier alpha value is -2.99. The Balaban J connectivity index is 1.30. The third-order valence-electron chi connectivity index (χ3n) is 5.54. The lowest BCUT2D eigenvalue weighted by atomic mass is 10.0. The van der Waals surface area contributed by atoms with Crippen LogP contribution < -0.4 is 0 Å². The molecule has 1 saturated heterocycles. The fraction of sp³-hybridized carbons (Fsp3) is 0.318. The maximum Gasteiger partial charge on any atom is 0.274 e. The lowest BCUT2D eigenvalue weighted by Gasteiger charge is -2.30. The van der Waals surface area contributed by atoms with Crippen LogP contribution in [0.3, 0.4) is 0 Å². The molecule has 3 heterocycles. The third kappa shape index (κ3) is 3.31. The Bertz CT molecular complexity index is 976. The number of nitrogens with zero attached hydrogens (tertiary/aromatic N) is 5. The molecule has 1 aromatic heterocycles. The van der Waals surface area contributed by atoms with Crippen LogP contribution in [0, 0.1) is 0 Å². The molecule has 1 unspecified atom stereocenters.